The molecule has 0 aliphatic rings. The van der Waals surface area contributed by atoms with Crippen LogP contribution in [-0.2, 0) is 0 Å². The fraction of sp³-hybridized carbons (Fsp3) is 0.0714. The first kappa shape index (κ1) is 15.5. The summed E-state index contributed by atoms with van der Waals surface area (Å²) in [5, 5.41) is 3.21. The van der Waals surface area contributed by atoms with Gasteiger partial charge in [0.2, 0.25) is 0 Å². The molecule has 3 rings (SSSR count). The summed E-state index contributed by atoms with van der Waals surface area (Å²) in [7, 11) is 0. The minimum Gasteiger partial charge on any atom is -0.423 e. The first-order chi connectivity index (χ1) is 11.0. The Morgan fingerprint density at radius 2 is 1.91 bits per heavy atom. The van der Waals surface area contributed by atoms with Crippen molar-refractivity contribution >= 4 is 15.9 Å². The van der Waals surface area contributed by atoms with E-state index >= 15 is 0 Å². The van der Waals surface area contributed by atoms with Crippen LogP contribution in [0.2, 0.25) is 0 Å². The SMILES string of the molecule is Fc1cccc(Oc2ncc(Br)cn2)c1-c1cc(C(F)F)no1. The second-order valence-corrected chi connectivity index (χ2v) is 5.23. The van der Waals surface area contributed by atoms with E-state index in [4.69, 9.17) is 9.26 Å². The lowest BCUT2D eigenvalue weighted by Gasteiger charge is -2.08. The second-order valence-electron chi connectivity index (χ2n) is 4.32. The van der Waals surface area contributed by atoms with Gasteiger partial charge in [0.1, 0.15) is 17.3 Å². The van der Waals surface area contributed by atoms with Crippen molar-refractivity contribution in [1.29, 1.82) is 0 Å². The van der Waals surface area contributed by atoms with Gasteiger partial charge >= 0.3 is 6.01 Å². The Kier molecular flexibility index (Phi) is 4.28. The predicted octanol–water partition coefficient (Wildman–Crippen LogP) is 4.76. The van der Waals surface area contributed by atoms with Crippen molar-refractivity contribution in [1.82, 2.24) is 15.1 Å². The van der Waals surface area contributed by atoms with Gasteiger partial charge in [-0.05, 0) is 28.1 Å². The summed E-state index contributed by atoms with van der Waals surface area (Å²) in [5.74, 6) is -0.869. The van der Waals surface area contributed by atoms with Gasteiger partial charge < -0.3 is 9.26 Å². The first-order valence-corrected chi connectivity index (χ1v) is 7.03. The highest BCUT2D eigenvalue weighted by molar-refractivity contribution is 9.10. The van der Waals surface area contributed by atoms with Crippen LogP contribution in [0, 0.1) is 5.82 Å². The normalized spacial score (nSPS) is 11.0. The molecule has 2 aromatic heterocycles. The highest BCUT2D eigenvalue weighted by Gasteiger charge is 2.21. The van der Waals surface area contributed by atoms with Crippen molar-refractivity contribution in [3.8, 4) is 23.1 Å². The summed E-state index contributed by atoms with van der Waals surface area (Å²) in [5.41, 5.74) is -0.729. The number of ether oxygens (including phenoxy) is 1. The van der Waals surface area contributed by atoms with Gasteiger partial charge in [-0.15, -0.1) is 0 Å². The van der Waals surface area contributed by atoms with E-state index in [1.165, 1.54) is 24.5 Å². The predicted molar refractivity (Wildman–Crippen MR) is 76.7 cm³/mol. The van der Waals surface area contributed by atoms with E-state index < -0.39 is 17.9 Å². The number of hydrogen-bond acceptors (Lipinski definition) is 5. The Balaban J connectivity index is 2.00. The average molecular weight is 386 g/mol. The third-order valence-electron chi connectivity index (χ3n) is 2.77. The fourth-order valence-corrected chi connectivity index (χ4v) is 1.99. The molecule has 0 atom stereocenters. The van der Waals surface area contributed by atoms with Crippen molar-refractivity contribution in [3.05, 3.63) is 52.6 Å². The molecule has 0 fully saturated rings. The molecule has 5 nitrogen and oxygen atoms in total. The van der Waals surface area contributed by atoms with E-state index in [1.807, 2.05) is 0 Å². The number of hydrogen-bond donors (Lipinski definition) is 0. The van der Waals surface area contributed by atoms with Crippen molar-refractivity contribution in [2.45, 2.75) is 6.43 Å². The maximum absolute atomic E-state index is 14.1. The lowest BCUT2D eigenvalue weighted by molar-refractivity contribution is 0.140. The lowest BCUT2D eigenvalue weighted by atomic mass is 10.1. The zero-order chi connectivity index (χ0) is 16.4. The van der Waals surface area contributed by atoms with Crippen LogP contribution in [0.1, 0.15) is 12.1 Å². The van der Waals surface area contributed by atoms with E-state index in [2.05, 4.69) is 31.1 Å². The van der Waals surface area contributed by atoms with Crippen LogP contribution < -0.4 is 4.74 Å². The molecule has 3 aromatic rings. The Bertz CT molecular complexity index is 824. The highest BCUT2D eigenvalue weighted by atomic mass is 79.9. The zero-order valence-corrected chi connectivity index (χ0v) is 12.8. The summed E-state index contributed by atoms with van der Waals surface area (Å²) in [4.78, 5) is 7.81. The van der Waals surface area contributed by atoms with E-state index in [9.17, 15) is 13.2 Å². The van der Waals surface area contributed by atoms with Gasteiger partial charge in [-0.2, -0.15) is 0 Å². The quantitative estimate of drug-likeness (QED) is 0.647. The summed E-state index contributed by atoms with van der Waals surface area (Å²) in [6, 6.07) is 4.91. The van der Waals surface area contributed by atoms with Gasteiger partial charge in [-0.3, -0.25) is 0 Å². The number of alkyl halides is 2. The van der Waals surface area contributed by atoms with Crippen molar-refractivity contribution < 1.29 is 22.4 Å². The number of aromatic nitrogens is 3. The Morgan fingerprint density at radius 3 is 2.57 bits per heavy atom. The van der Waals surface area contributed by atoms with Crippen LogP contribution in [0.25, 0.3) is 11.3 Å². The van der Waals surface area contributed by atoms with Crippen LogP contribution in [0.5, 0.6) is 11.8 Å². The fourth-order valence-electron chi connectivity index (χ4n) is 1.79. The van der Waals surface area contributed by atoms with E-state index in [0.29, 0.717) is 4.47 Å². The maximum atomic E-state index is 14.1. The number of benzene rings is 1. The molecule has 0 saturated carbocycles. The molecular weight excluding hydrogens is 379 g/mol. The van der Waals surface area contributed by atoms with Gasteiger partial charge in [0.15, 0.2) is 5.76 Å². The average Bonchev–Trinajstić information content (AvgIpc) is 2.99. The molecule has 0 spiro atoms. The van der Waals surface area contributed by atoms with Crippen molar-refractivity contribution in [2.24, 2.45) is 0 Å². The smallest absolute Gasteiger partial charge is 0.321 e. The molecule has 0 aliphatic heterocycles. The van der Waals surface area contributed by atoms with E-state index in [0.717, 1.165) is 12.1 Å². The van der Waals surface area contributed by atoms with Gasteiger partial charge in [-0.25, -0.2) is 23.1 Å². The number of nitrogens with zero attached hydrogens (tertiary/aromatic N) is 3. The van der Waals surface area contributed by atoms with Gasteiger partial charge in [-0.1, -0.05) is 11.2 Å². The van der Waals surface area contributed by atoms with Gasteiger partial charge in [0, 0.05) is 18.5 Å². The van der Waals surface area contributed by atoms with Gasteiger partial charge in [0.05, 0.1) is 10.0 Å². The monoisotopic (exact) mass is 385 g/mol. The Labute approximate surface area is 136 Å². The summed E-state index contributed by atoms with van der Waals surface area (Å²) in [6.45, 7) is 0. The van der Waals surface area contributed by atoms with E-state index in [1.54, 1.807) is 0 Å². The summed E-state index contributed by atoms with van der Waals surface area (Å²) in [6.07, 6.45) is 0.0772. The topological polar surface area (TPSA) is 61.0 Å². The van der Waals surface area contributed by atoms with Crippen LogP contribution in [0.15, 0.2) is 45.7 Å². The molecule has 23 heavy (non-hydrogen) atoms. The van der Waals surface area contributed by atoms with Gasteiger partial charge in [0.25, 0.3) is 6.43 Å². The molecule has 0 saturated heterocycles. The largest absolute Gasteiger partial charge is 0.423 e. The third-order valence-corrected chi connectivity index (χ3v) is 3.18. The molecule has 0 unspecified atom stereocenters. The van der Waals surface area contributed by atoms with Crippen LogP contribution in [0.4, 0.5) is 13.2 Å². The molecule has 2 heterocycles. The molecule has 1 aromatic carbocycles. The summed E-state index contributed by atoms with van der Waals surface area (Å²) >= 11 is 3.18. The molecule has 9 heteroatoms. The minimum absolute atomic E-state index is 0.0179. The number of halogens is 4. The lowest BCUT2D eigenvalue weighted by Crippen LogP contribution is -1.94. The van der Waals surface area contributed by atoms with Crippen molar-refractivity contribution in [3.63, 3.8) is 0 Å². The standard InChI is InChI=1S/C14H7BrF3N3O2/c15-7-5-19-14(20-6-7)22-10-3-1-2-8(16)12(10)11-4-9(13(17)18)21-23-11/h1-6,13H. The van der Waals surface area contributed by atoms with Crippen molar-refractivity contribution in [2.75, 3.05) is 0 Å². The first-order valence-electron chi connectivity index (χ1n) is 6.23. The molecule has 118 valence electrons. The molecule has 0 amide bonds. The van der Waals surface area contributed by atoms with E-state index in [-0.39, 0.29) is 23.1 Å². The van der Waals surface area contributed by atoms with Crippen LogP contribution >= 0.6 is 15.9 Å². The van der Waals surface area contributed by atoms with Crippen LogP contribution in [0.3, 0.4) is 0 Å². The highest BCUT2D eigenvalue weighted by Crippen LogP contribution is 2.36. The third kappa shape index (κ3) is 3.34. The molecule has 0 bridgehead atoms. The second kappa shape index (κ2) is 6.37. The number of rotatable bonds is 4. The molecule has 0 N–H and O–H groups in total. The van der Waals surface area contributed by atoms with Crippen LogP contribution in [-0.4, -0.2) is 15.1 Å². The Hall–Kier alpha value is -2.42. The molecule has 0 aliphatic carbocycles. The molecular formula is C14H7BrF3N3O2. The summed E-state index contributed by atoms with van der Waals surface area (Å²) < 4.78 is 50.2. The Morgan fingerprint density at radius 1 is 1.17 bits per heavy atom. The molecule has 0 radical (unpaired) electrons. The minimum atomic E-state index is -2.82. The maximum Gasteiger partial charge on any atom is 0.321 e. The zero-order valence-electron chi connectivity index (χ0n) is 11.2.